The highest BCUT2D eigenvalue weighted by Gasteiger charge is 2.40. The van der Waals surface area contributed by atoms with Gasteiger partial charge in [-0.1, -0.05) is 24.3 Å². The van der Waals surface area contributed by atoms with Crippen LogP contribution in [0.5, 0.6) is 17.2 Å². The van der Waals surface area contributed by atoms with Gasteiger partial charge in [0.2, 0.25) is 0 Å². The minimum absolute atomic E-state index is 0.0368. The molecule has 0 spiro atoms. The lowest BCUT2D eigenvalue weighted by molar-refractivity contribution is -0.116. The van der Waals surface area contributed by atoms with Crippen LogP contribution in [0.25, 0.3) is 0 Å². The molecule has 1 N–H and O–H groups in total. The molecule has 1 aliphatic heterocycles. The van der Waals surface area contributed by atoms with Gasteiger partial charge in [-0.3, -0.25) is 4.79 Å². The van der Waals surface area contributed by atoms with Gasteiger partial charge >= 0.3 is 0 Å². The number of nitriles is 1. The fraction of sp³-hybridized carbons (Fsp3) is 0.308. The fourth-order valence-corrected chi connectivity index (χ4v) is 4.75. The highest BCUT2D eigenvalue weighted by Crippen LogP contribution is 2.48. The van der Waals surface area contributed by atoms with Gasteiger partial charge in [-0.25, -0.2) is 0 Å². The molecule has 1 aliphatic carbocycles. The molecule has 0 amide bonds. The number of carbonyl (C=O) groups is 1. The summed E-state index contributed by atoms with van der Waals surface area (Å²) < 4.78 is 16.4. The summed E-state index contributed by atoms with van der Waals surface area (Å²) in [4.78, 5) is 13.5. The molecule has 6 nitrogen and oxygen atoms in total. The van der Waals surface area contributed by atoms with Crippen molar-refractivity contribution in [1.82, 2.24) is 5.32 Å². The Hall–Kier alpha value is -3.72. The van der Waals surface area contributed by atoms with E-state index in [1.807, 2.05) is 49.4 Å². The molecule has 2 unspecified atom stereocenters. The van der Waals surface area contributed by atoms with Crippen molar-refractivity contribution in [3.63, 3.8) is 0 Å². The van der Waals surface area contributed by atoms with Gasteiger partial charge in [-0.2, -0.15) is 5.26 Å². The SMILES string of the molecule is COc1ccc(C2CC(=O)C3=C(C2)NC(C)=C(C#N)C3c2cccc(OC)c2OC)cc1. The topological polar surface area (TPSA) is 80.6 Å². The van der Waals surface area contributed by atoms with Crippen molar-refractivity contribution >= 4 is 5.78 Å². The van der Waals surface area contributed by atoms with Crippen LogP contribution in [0.4, 0.5) is 0 Å². The van der Waals surface area contributed by atoms with Crippen LogP contribution in [0.1, 0.15) is 42.7 Å². The zero-order valence-corrected chi connectivity index (χ0v) is 18.7. The van der Waals surface area contributed by atoms with E-state index in [0.717, 1.165) is 28.3 Å². The second-order valence-electron chi connectivity index (χ2n) is 7.98. The quantitative estimate of drug-likeness (QED) is 0.747. The minimum Gasteiger partial charge on any atom is -0.497 e. The van der Waals surface area contributed by atoms with E-state index in [1.165, 1.54) is 0 Å². The van der Waals surface area contributed by atoms with Crippen LogP contribution in [0, 0.1) is 11.3 Å². The Morgan fingerprint density at radius 3 is 2.38 bits per heavy atom. The second kappa shape index (κ2) is 8.80. The number of allylic oxidation sites excluding steroid dienone is 4. The van der Waals surface area contributed by atoms with Gasteiger partial charge in [0.25, 0.3) is 0 Å². The van der Waals surface area contributed by atoms with Gasteiger partial charge in [-0.15, -0.1) is 0 Å². The zero-order chi connectivity index (χ0) is 22.8. The number of ketones is 1. The number of hydrogen-bond donors (Lipinski definition) is 1. The molecule has 0 radical (unpaired) electrons. The minimum atomic E-state index is -0.495. The number of benzene rings is 2. The molecule has 6 heteroatoms. The van der Waals surface area contributed by atoms with Gasteiger partial charge in [0.1, 0.15) is 5.75 Å². The lowest BCUT2D eigenvalue weighted by Gasteiger charge is -2.36. The summed E-state index contributed by atoms with van der Waals surface area (Å²) in [5.74, 6) is 1.50. The number of hydrogen-bond acceptors (Lipinski definition) is 6. The second-order valence-corrected chi connectivity index (χ2v) is 7.98. The number of para-hydroxylation sites is 1. The third-order valence-electron chi connectivity index (χ3n) is 6.28. The van der Waals surface area contributed by atoms with Crippen molar-refractivity contribution < 1.29 is 19.0 Å². The Morgan fingerprint density at radius 1 is 1.00 bits per heavy atom. The van der Waals surface area contributed by atoms with Gasteiger partial charge in [-0.05, 0) is 43.0 Å². The first kappa shape index (κ1) is 21.5. The number of carbonyl (C=O) groups excluding carboxylic acids is 1. The average molecular weight is 431 g/mol. The fourth-order valence-electron chi connectivity index (χ4n) is 4.75. The normalized spacial score (nSPS) is 20.3. The van der Waals surface area contributed by atoms with Crippen LogP contribution in [0.3, 0.4) is 0 Å². The maximum absolute atomic E-state index is 13.5. The summed E-state index contributed by atoms with van der Waals surface area (Å²) in [6, 6.07) is 15.7. The van der Waals surface area contributed by atoms with E-state index in [0.29, 0.717) is 35.5 Å². The van der Waals surface area contributed by atoms with Crippen molar-refractivity contribution in [3.05, 3.63) is 76.1 Å². The van der Waals surface area contributed by atoms with Crippen LogP contribution in [0.15, 0.2) is 65.0 Å². The van der Waals surface area contributed by atoms with Crippen molar-refractivity contribution in [3.8, 4) is 23.3 Å². The van der Waals surface area contributed by atoms with Gasteiger partial charge in [0, 0.05) is 29.0 Å². The Kier molecular flexibility index (Phi) is 5.91. The van der Waals surface area contributed by atoms with E-state index in [-0.39, 0.29) is 11.7 Å². The summed E-state index contributed by atoms with van der Waals surface area (Å²) in [6.07, 6.45) is 1.07. The maximum atomic E-state index is 13.5. The molecule has 0 saturated carbocycles. The molecular formula is C26H26N2O4. The molecule has 4 rings (SSSR count). The van der Waals surface area contributed by atoms with E-state index in [2.05, 4.69) is 11.4 Å². The number of Topliss-reactive ketones (excluding diaryl/α,β-unsaturated/α-hetero) is 1. The number of nitrogens with zero attached hydrogens (tertiary/aromatic N) is 1. The predicted octanol–water partition coefficient (Wildman–Crippen LogP) is 4.60. The molecule has 0 fully saturated rings. The number of ether oxygens (including phenoxy) is 3. The molecule has 0 bridgehead atoms. The Bertz CT molecular complexity index is 1160. The van der Waals surface area contributed by atoms with Crippen LogP contribution >= 0.6 is 0 Å². The van der Waals surface area contributed by atoms with Gasteiger partial charge in [0.05, 0.1) is 38.9 Å². The summed E-state index contributed by atoms with van der Waals surface area (Å²) in [5, 5.41) is 13.3. The van der Waals surface area contributed by atoms with Crippen molar-refractivity contribution in [2.24, 2.45) is 0 Å². The van der Waals surface area contributed by atoms with E-state index in [4.69, 9.17) is 14.2 Å². The summed E-state index contributed by atoms with van der Waals surface area (Å²) in [6.45, 7) is 1.88. The van der Waals surface area contributed by atoms with Crippen LogP contribution in [-0.2, 0) is 4.79 Å². The van der Waals surface area contributed by atoms with Gasteiger partial charge in [0.15, 0.2) is 17.3 Å². The van der Waals surface area contributed by atoms with Crippen molar-refractivity contribution in [2.75, 3.05) is 21.3 Å². The van der Waals surface area contributed by atoms with Crippen LogP contribution in [-0.4, -0.2) is 27.1 Å². The molecule has 1 heterocycles. The molecule has 2 aliphatic rings. The highest BCUT2D eigenvalue weighted by atomic mass is 16.5. The Labute approximate surface area is 188 Å². The lowest BCUT2D eigenvalue weighted by atomic mass is 9.72. The van der Waals surface area contributed by atoms with Crippen LogP contribution < -0.4 is 19.5 Å². The summed E-state index contributed by atoms with van der Waals surface area (Å²) >= 11 is 0. The third kappa shape index (κ3) is 3.60. The molecule has 2 aromatic rings. The molecule has 2 aromatic carbocycles. The molecule has 164 valence electrons. The number of rotatable bonds is 5. The smallest absolute Gasteiger partial charge is 0.164 e. The summed E-state index contributed by atoms with van der Waals surface area (Å²) in [7, 11) is 4.78. The first-order chi connectivity index (χ1) is 15.5. The highest BCUT2D eigenvalue weighted by molar-refractivity contribution is 6.00. The number of nitrogens with one attached hydrogen (secondary N) is 1. The molecule has 32 heavy (non-hydrogen) atoms. The van der Waals surface area contributed by atoms with E-state index >= 15 is 0 Å². The summed E-state index contributed by atoms with van der Waals surface area (Å²) in [5.41, 5.74) is 4.64. The van der Waals surface area contributed by atoms with Crippen LogP contribution in [0.2, 0.25) is 0 Å². The third-order valence-corrected chi connectivity index (χ3v) is 6.28. The van der Waals surface area contributed by atoms with Gasteiger partial charge < -0.3 is 19.5 Å². The average Bonchev–Trinajstić information content (AvgIpc) is 2.82. The largest absolute Gasteiger partial charge is 0.497 e. The molecule has 0 saturated heterocycles. The first-order valence-corrected chi connectivity index (χ1v) is 10.5. The maximum Gasteiger partial charge on any atom is 0.164 e. The van der Waals surface area contributed by atoms with E-state index in [1.54, 1.807) is 21.3 Å². The van der Waals surface area contributed by atoms with Crippen molar-refractivity contribution in [1.29, 1.82) is 5.26 Å². The Balaban J connectivity index is 1.80. The standard InChI is InChI=1S/C26H26N2O4/c1-15-20(14-27)24(19-6-5-7-23(31-3)26(19)32-4)25-21(28-15)12-17(13-22(25)29)16-8-10-18(30-2)11-9-16/h5-11,17,24,28H,12-13H2,1-4H3. The lowest BCUT2D eigenvalue weighted by Crippen LogP contribution is -2.33. The molecular weight excluding hydrogens is 404 g/mol. The van der Waals surface area contributed by atoms with E-state index in [9.17, 15) is 10.1 Å². The van der Waals surface area contributed by atoms with Crippen molar-refractivity contribution in [2.45, 2.75) is 31.6 Å². The molecule has 2 atom stereocenters. The number of dihydropyridines is 1. The Morgan fingerprint density at radius 2 is 1.75 bits per heavy atom. The van der Waals surface area contributed by atoms with E-state index < -0.39 is 5.92 Å². The predicted molar refractivity (Wildman–Crippen MR) is 121 cm³/mol. The zero-order valence-electron chi connectivity index (χ0n) is 18.7. The first-order valence-electron chi connectivity index (χ1n) is 10.5. The monoisotopic (exact) mass is 430 g/mol. The molecule has 0 aromatic heterocycles. The number of methoxy groups -OCH3 is 3.